The largest absolute Gasteiger partial charge is 0.508 e. The molecular weight excluding hydrogens is 198 g/mol. The van der Waals surface area contributed by atoms with Crippen molar-refractivity contribution in [3.8, 4) is 5.75 Å². The number of benzene rings is 2. The first kappa shape index (κ1) is 10.6. The minimum absolute atomic E-state index is 0.332. The van der Waals surface area contributed by atoms with Crippen LogP contribution in [-0.2, 0) is 6.54 Å². The van der Waals surface area contributed by atoms with Crippen molar-refractivity contribution in [3.63, 3.8) is 0 Å². The van der Waals surface area contributed by atoms with Gasteiger partial charge in [0.25, 0.3) is 0 Å². The minimum Gasteiger partial charge on any atom is -0.508 e. The van der Waals surface area contributed by atoms with E-state index in [4.69, 9.17) is 0 Å². The number of phenolic OH excluding ortho intramolecular Hbond substituents is 1. The van der Waals surface area contributed by atoms with Crippen LogP contribution in [0.2, 0.25) is 0 Å². The van der Waals surface area contributed by atoms with Gasteiger partial charge in [0.05, 0.1) is 0 Å². The molecule has 0 atom stereocenters. The lowest BCUT2D eigenvalue weighted by Gasteiger charge is -2.07. The molecule has 0 amide bonds. The fourth-order valence-electron chi connectivity index (χ4n) is 1.52. The minimum atomic E-state index is 0.332. The second kappa shape index (κ2) is 4.71. The molecule has 82 valence electrons. The third-order valence-corrected chi connectivity index (χ3v) is 2.55. The van der Waals surface area contributed by atoms with E-state index in [1.807, 2.05) is 37.3 Å². The van der Waals surface area contributed by atoms with Gasteiger partial charge >= 0.3 is 0 Å². The van der Waals surface area contributed by atoms with Crippen LogP contribution in [0.25, 0.3) is 0 Å². The number of anilines is 1. The van der Waals surface area contributed by atoms with E-state index in [9.17, 15) is 5.11 Å². The van der Waals surface area contributed by atoms with Crippen LogP contribution in [0.4, 0.5) is 5.69 Å². The summed E-state index contributed by atoms with van der Waals surface area (Å²) >= 11 is 0. The average Bonchev–Trinajstić information content (AvgIpc) is 2.32. The maximum absolute atomic E-state index is 9.56. The fourth-order valence-corrected chi connectivity index (χ4v) is 1.52. The fraction of sp³-hybridized carbons (Fsp3) is 0.143. The Morgan fingerprint density at radius 3 is 2.50 bits per heavy atom. The molecule has 2 rings (SSSR count). The molecule has 2 N–H and O–H groups in total. The molecular formula is C14H15NO. The molecule has 0 aliphatic heterocycles. The second-order valence-corrected chi connectivity index (χ2v) is 3.84. The molecule has 0 unspecified atom stereocenters. The smallest absolute Gasteiger partial charge is 0.120 e. The van der Waals surface area contributed by atoms with Gasteiger partial charge in [-0.2, -0.15) is 0 Å². The summed E-state index contributed by atoms with van der Waals surface area (Å²) in [5, 5.41) is 12.8. The predicted octanol–water partition coefficient (Wildman–Crippen LogP) is 3.31. The van der Waals surface area contributed by atoms with Gasteiger partial charge in [-0.15, -0.1) is 0 Å². The molecule has 0 saturated heterocycles. The normalized spacial score (nSPS) is 10.1. The lowest BCUT2D eigenvalue weighted by Crippen LogP contribution is -1.98. The van der Waals surface area contributed by atoms with Crippen molar-refractivity contribution >= 4 is 5.69 Å². The Hall–Kier alpha value is -1.96. The summed E-state index contributed by atoms with van der Waals surface area (Å²) in [4.78, 5) is 0. The van der Waals surface area contributed by atoms with Gasteiger partial charge in [0.15, 0.2) is 0 Å². The third kappa shape index (κ3) is 2.54. The van der Waals surface area contributed by atoms with Crippen LogP contribution >= 0.6 is 0 Å². The highest BCUT2D eigenvalue weighted by Gasteiger charge is 1.98. The van der Waals surface area contributed by atoms with Crippen LogP contribution < -0.4 is 5.32 Å². The highest BCUT2D eigenvalue weighted by Crippen LogP contribution is 2.21. The topological polar surface area (TPSA) is 32.3 Å². The summed E-state index contributed by atoms with van der Waals surface area (Å²) in [7, 11) is 0. The maximum Gasteiger partial charge on any atom is 0.120 e. The first-order chi connectivity index (χ1) is 7.75. The molecule has 0 aliphatic rings. The van der Waals surface area contributed by atoms with Gasteiger partial charge in [-0.1, -0.05) is 36.4 Å². The number of nitrogens with one attached hydrogen (secondary N) is 1. The van der Waals surface area contributed by atoms with E-state index in [0.29, 0.717) is 5.75 Å². The lowest BCUT2D eigenvalue weighted by molar-refractivity contribution is 0.471. The van der Waals surface area contributed by atoms with Gasteiger partial charge in [0.1, 0.15) is 5.75 Å². The SMILES string of the molecule is Cc1ccc(NCc2ccccc2)cc1O. The first-order valence-corrected chi connectivity index (χ1v) is 5.33. The highest BCUT2D eigenvalue weighted by atomic mass is 16.3. The monoisotopic (exact) mass is 213 g/mol. The summed E-state index contributed by atoms with van der Waals surface area (Å²) in [6.07, 6.45) is 0. The second-order valence-electron chi connectivity index (χ2n) is 3.84. The Balaban J connectivity index is 2.03. The zero-order valence-electron chi connectivity index (χ0n) is 9.27. The van der Waals surface area contributed by atoms with Crippen molar-refractivity contribution in [1.29, 1.82) is 0 Å². The van der Waals surface area contributed by atoms with Crippen molar-refractivity contribution in [2.45, 2.75) is 13.5 Å². The quantitative estimate of drug-likeness (QED) is 0.819. The van der Waals surface area contributed by atoms with Gasteiger partial charge in [-0.05, 0) is 24.1 Å². The Bertz CT molecular complexity index is 465. The average molecular weight is 213 g/mol. The van der Waals surface area contributed by atoms with Crippen LogP contribution in [0.15, 0.2) is 48.5 Å². The summed E-state index contributed by atoms with van der Waals surface area (Å²) in [5.74, 6) is 0.332. The van der Waals surface area contributed by atoms with Crippen LogP contribution in [0.3, 0.4) is 0 Å². The number of aryl methyl sites for hydroxylation is 1. The Morgan fingerprint density at radius 2 is 1.81 bits per heavy atom. The van der Waals surface area contributed by atoms with E-state index >= 15 is 0 Å². The molecule has 0 aliphatic carbocycles. The number of hydrogen-bond acceptors (Lipinski definition) is 2. The molecule has 0 radical (unpaired) electrons. The third-order valence-electron chi connectivity index (χ3n) is 2.55. The van der Waals surface area contributed by atoms with Crippen LogP contribution in [0.5, 0.6) is 5.75 Å². The Morgan fingerprint density at radius 1 is 1.06 bits per heavy atom. The molecule has 16 heavy (non-hydrogen) atoms. The van der Waals surface area contributed by atoms with Gasteiger partial charge < -0.3 is 10.4 Å². The van der Waals surface area contributed by atoms with Crippen molar-refractivity contribution < 1.29 is 5.11 Å². The molecule has 0 aromatic heterocycles. The first-order valence-electron chi connectivity index (χ1n) is 5.33. The number of aromatic hydroxyl groups is 1. The van der Waals surface area contributed by atoms with E-state index in [0.717, 1.165) is 17.8 Å². The summed E-state index contributed by atoms with van der Waals surface area (Å²) in [6, 6.07) is 15.8. The molecule has 0 saturated carbocycles. The maximum atomic E-state index is 9.56. The predicted molar refractivity (Wildman–Crippen MR) is 66.6 cm³/mol. The van der Waals surface area contributed by atoms with E-state index in [1.165, 1.54) is 5.56 Å². The highest BCUT2D eigenvalue weighted by molar-refractivity contribution is 5.51. The zero-order chi connectivity index (χ0) is 11.4. The number of phenols is 1. The van der Waals surface area contributed by atoms with Gasteiger partial charge in [-0.3, -0.25) is 0 Å². The molecule has 0 bridgehead atoms. The Kier molecular flexibility index (Phi) is 3.10. The van der Waals surface area contributed by atoms with Crippen molar-refractivity contribution in [1.82, 2.24) is 0 Å². The molecule has 0 fully saturated rings. The van der Waals surface area contributed by atoms with Crippen molar-refractivity contribution in [2.24, 2.45) is 0 Å². The summed E-state index contributed by atoms with van der Waals surface area (Å²) < 4.78 is 0. The van der Waals surface area contributed by atoms with E-state index in [2.05, 4.69) is 17.4 Å². The van der Waals surface area contributed by atoms with Crippen LogP contribution in [0.1, 0.15) is 11.1 Å². The summed E-state index contributed by atoms with van der Waals surface area (Å²) in [6.45, 7) is 2.65. The van der Waals surface area contributed by atoms with Crippen molar-refractivity contribution in [2.75, 3.05) is 5.32 Å². The standard InChI is InChI=1S/C14H15NO/c1-11-7-8-13(9-14(11)16)15-10-12-5-3-2-4-6-12/h2-9,15-16H,10H2,1H3. The molecule has 0 heterocycles. The van der Waals surface area contributed by atoms with Gasteiger partial charge in [-0.25, -0.2) is 0 Å². The number of hydrogen-bond donors (Lipinski definition) is 2. The van der Waals surface area contributed by atoms with E-state index < -0.39 is 0 Å². The van der Waals surface area contributed by atoms with Crippen LogP contribution in [-0.4, -0.2) is 5.11 Å². The van der Waals surface area contributed by atoms with E-state index in [-0.39, 0.29) is 0 Å². The molecule has 2 aromatic carbocycles. The lowest BCUT2D eigenvalue weighted by atomic mass is 10.2. The molecule has 2 nitrogen and oxygen atoms in total. The zero-order valence-corrected chi connectivity index (χ0v) is 9.27. The van der Waals surface area contributed by atoms with E-state index in [1.54, 1.807) is 6.07 Å². The number of rotatable bonds is 3. The Labute approximate surface area is 95.6 Å². The van der Waals surface area contributed by atoms with Gasteiger partial charge in [0.2, 0.25) is 0 Å². The van der Waals surface area contributed by atoms with Gasteiger partial charge in [0, 0.05) is 18.3 Å². The van der Waals surface area contributed by atoms with Crippen molar-refractivity contribution in [3.05, 3.63) is 59.7 Å². The van der Waals surface area contributed by atoms with Crippen LogP contribution in [0, 0.1) is 6.92 Å². The molecule has 2 aromatic rings. The molecule has 2 heteroatoms. The molecule has 0 spiro atoms. The summed E-state index contributed by atoms with van der Waals surface area (Å²) in [5.41, 5.74) is 3.06.